The quantitative estimate of drug-likeness (QED) is 0.850. The Morgan fingerprint density at radius 2 is 2.26 bits per heavy atom. The maximum Gasteiger partial charge on any atom is 0.251 e. The van der Waals surface area contributed by atoms with Crippen LogP contribution in [0.5, 0.6) is 0 Å². The Bertz CT molecular complexity index is 629. The van der Waals surface area contributed by atoms with Crippen molar-refractivity contribution >= 4 is 5.91 Å². The third-order valence-corrected chi connectivity index (χ3v) is 3.88. The smallest absolute Gasteiger partial charge is 0.251 e. The highest BCUT2D eigenvalue weighted by molar-refractivity contribution is 5.94. The van der Waals surface area contributed by atoms with Crippen molar-refractivity contribution in [2.45, 2.75) is 25.1 Å². The highest BCUT2D eigenvalue weighted by atomic mass is 16.5. The Kier molecular flexibility index (Phi) is 4.94. The molecule has 8 nitrogen and oxygen atoms in total. The standard InChI is InChI=1S/C15H19N5O3/c1-22-14-9-23-7-6-13(14)17-15(21)12-4-2-11(3-5-12)8-20-10-16-18-19-20/h2-5,10,13-14H,6-9H2,1H3,(H,17,21). The number of amides is 1. The van der Waals surface area contributed by atoms with Crippen molar-refractivity contribution in [1.82, 2.24) is 25.5 Å². The van der Waals surface area contributed by atoms with Gasteiger partial charge in [0.25, 0.3) is 5.91 Å². The van der Waals surface area contributed by atoms with Crippen LogP contribution < -0.4 is 5.32 Å². The molecule has 1 saturated heterocycles. The molecule has 8 heteroatoms. The number of benzene rings is 1. The summed E-state index contributed by atoms with van der Waals surface area (Å²) < 4.78 is 12.3. The second-order valence-electron chi connectivity index (χ2n) is 5.42. The van der Waals surface area contributed by atoms with E-state index in [0.717, 1.165) is 12.0 Å². The molecule has 2 aromatic rings. The molecule has 122 valence electrons. The normalized spacial score (nSPS) is 21.1. The van der Waals surface area contributed by atoms with E-state index in [2.05, 4.69) is 20.8 Å². The van der Waals surface area contributed by atoms with Gasteiger partial charge in [0.05, 0.1) is 19.2 Å². The molecule has 1 amide bonds. The first-order valence-corrected chi connectivity index (χ1v) is 7.47. The third-order valence-electron chi connectivity index (χ3n) is 3.88. The summed E-state index contributed by atoms with van der Waals surface area (Å²) in [7, 11) is 1.63. The molecule has 0 bridgehead atoms. The zero-order valence-corrected chi connectivity index (χ0v) is 12.9. The van der Waals surface area contributed by atoms with Crippen LogP contribution in [0, 0.1) is 0 Å². The SMILES string of the molecule is COC1COCCC1NC(=O)c1ccc(Cn2cnnn2)cc1. The van der Waals surface area contributed by atoms with E-state index in [-0.39, 0.29) is 18.1 Å². The fraction of sp³-hybridized carbons (Fsp3) is 0.467. The van der Waals surface area contributed by atoms with E-state index in [4.69, 9.17) is 9.47 Å². The molecule has 1 aromatic carbocycles. The van der Waals surface area contributed by atoms with E-state index < -0.39 is 0 Å². The molecule has 1 N–H and O–H groups in total. The fourth-order valence-electron chi connectivity index (χ4n) is 2.56. The number of hydrogen-bond donors (Lipinski definition) is 1. The zero-order chi connectivity index (χ0) is 16.1. The molecule has 0 radical (unpaired) electrons. The summed E-state index contributed by atoms with van der Waals surface area (Å²) in [6, 6.07) is 7.37. The van der Waals surface area contributed by atoms with Crippen molar-refractivity contribution in [3.8, 4) is 0 Å². The average Bonchev–Trinajstić information content (AvgIpc) is 3.09. The molecule has 0 spiro atoms. The van der Waals surface area contributed by atoms with Crippen LogP contribution in [0.3, 0.4) is 0 Å². The van der Waals surface area contributed by atoms with Gasteiger partial charge < -0.3 is 14.8 Å². The molecule has 2 atom stereocenters. The van der Waals surface area contributed by atoms with Crippen molar-refractivity contribution in [3.63, 3.8) is 0 Å². The van der Waals surface area contributed by atoms with Gasteiger partial charge in [0, 0.05) is 19.3 Å². The molecule has 1 aliphatic heterocycles. The number of rotatable bonds is 5. The Morgan fingerprint density at radius 1 is 1.43 bits per heavy atom. The summed E-state index contributed by atoms with van der Waals surface area (Å²) >= 11 is 0. The van der Waals surface area contributed by atoms with Crippen molar-refractivity contribution in [3.05, 3.63) is 41.7 Å². The van der Waals surface area contributed by atoms with Crippen LogP contribution in [0.1, 0.15) is 22.3 Å². The van der Waals surface area contributed by atoms with Crippen LogP contribution in [0.4, 0.5) is 0 Å². The number of carbonyl (C=O) groups excluding carboxylic acids is 1. The lowest BCUT2D eigenvalue weighted by Crippen LogP contribution is -2.49. The van der Waals surface area contributed by atoms with Crippen molar-refractivity contribution in [2.24, 2.45) is 0 Å². The molecular weight excluding hydrogens is 298 g/mol. The number of hydrogen-bond acceptors (Lipinski definition) is 6. The van der Waals surface area contributed by atoms with Crippen molar-refractivity contribution in [1.29, 1.82) is 0 Å². The lowest BCUT2D eigenvalue weighted by Gasteiger charge is -2.31. The van der Waals surface area contributed by atoms with Crippen molar-refractivity contribution in [2.75, 3.05) is 20.3 Å². The van der Waals surface area contributed by atoms with Crippen LogP contribution in [-0.4, -0.2) is 58.6 Å². The molecule has 1 aromatic heterocycles. The molecule has 3 rings (SSSR count). The Balaban J connectivity index is 1.61. The Labute approximate surface area is 133 Å². The van der Waals surface area contributed by atoms with Crippen LogP contribution in [0.15, 0.2) is 30.6 Å². The maximum absolute atomic E-state index is 12.4. The summed E-state index contributed by atoms with van der Waals surface area (Å²) in [6.45, 7) is 1.71. The minimum atomic E-state index is -0.105. The van der Waals surface area contributed by atoms with Crippen molar-refractivity contribution < 1.29 is 14.3 Å². The highest BCUT2D eigenvalue weighted by Crippen LogP contribution is 2.12. The van der Waals surface area contributed by atoms with Crippen LogP contribution in [-0.2, 0) is 16.0 Å². The van der Waals surface area contributed by atoms with Gasteiger partial charge in [-0.2, -0.15) is 0 Å². The molecule has 1 aliphatic rings. The first-order valence-electron chi connectivity index (χ1n) is 7.47. The number of nitrogens with zero attached hydrogens (tertiary/aromatic N) is 4. The molecule has 1 fully saturated rings. The second kappa shape index (κ2) is 7.30. The van der Waals surface area contributed by atoms with Crippen LogP contribution in [0.25, 0.3) is 0 Å². The minimum Gasteiger partial charge on any atom is -0.379 e. The number of methoxy groups -OCH3 is 1. The summed E-state index contributed by atoms with van der Waals surface area (Å²) in [5.74, 6) is -0.104. The van der Waals surface area contributed by atoms with Gasteiger partial charge in [0.15, 0.2) is 0 Å². The van der Waals surface area contributed by atoms with E-state index in [1.165, 1.54) is 0 Å². The molecule has 2 unspecified atom stereocenters. The van der Waals surface area contributed by atoms with Crippen LogP contribution >= 0.6 is 0 Å². The van der Waals surface area contributed by atoms with Gasteiger partial charge in [0.1, 0.15) is 12.4 Å². The minimum absolute atomic E-state index is 0.0258. The summed E-state index contributed by atoms with van der Waals surface area (Å²) in [5, 5.41) is 14.0. The van der Waals surface area contributed by atoms with E-state index in [1.807, 2.05) is 12.1 Å². The molecule has 23 heavy (non-hydrogen) atoms. The van der Waals surface area contributed by atoms with E-state index >= 15 is 0 Å². The average molecular weight is 317 g/mol. The first-order chi connectivity index (χ1) is 11.3. The summed E-state index contributed by atoms with van der Waals surface area (Å²) in [5.41, 5.74) is 1.64. The van der Waals surface area contributed by atoms with Gasteiger partial charge in [-0.1, -0.05) is 12.1 Å². The van der Waals surface area contributed by atoms with Gasteiger partial charge in [-0.05, 0) is 34.5 Å². The molecule has 0 saturated carbocycles. The monoisotopic (exact) mass is 317 g/mol. The Hall–Kier alpha value is -2.32. The number of aromatic nitrogens is 4. The summed E-state index contributed by atoms with van der Waals surface area (Å²) in [6.07, 6.45) is 2.20. The van der Waals surface area contributed by atoms with Crippen LogP contribution in [0.2, 0.25) is 0 Å². The lowest BCUT2D eigenvalue weighted by molar-refractivity contribution is -0.0479. The highest BCUT2D eigenvalue weighted by Gasteiger charge is 2.27. The van der Waals surface area contributed by atoms with Gasteiger partial charge in [-0.15, -0.1) is 5.10 Å². The number of carbonyl (C=O) groups is 1. The summed E-state index contributed by atoms with van der Waals surface area (Å²) in [4.78, 5) is 12.4. The van der Waals surface area contributed by atoms with Gasteiger partial charge in [-0.25, -0.2) is 4.68 Å². The maximum atomic E-state index is 12.4. The largest absolute Gasteiger partial charge is 0.379 e. The number of ether oxygens (including phenoxy) is 2. The second-order valence-corrected chi connectivity index (χ2v) is 5.42. The zero-order valence-electron chi connectivity index (χ0n) is 12.9. The molecular formula is C15H19N5O3. The predicted octanol–water partition coefficient (Wildman–Crippen LogP) is 0.255. The predicted molar refractivity (Wildman–Crippen MR) is 80.8 cm³/mol. The Morgan fingerprint density at radius 3 is 2.96 bits per heavy atom. The number of tetrazole rings is 1. The van der Waals surface area contributed by atoms with Gasteiger partial charge in [-0.3, -0.25) is 4.79 Å². The lowest BCUT2D eigenvalue weighted by atomic mass is 10.0. The number of nitrogens with one attached hydrogen (secondary N) is 1. The van der Waals surface area contributed by atoms with Gasteiger partial charge >= 0.3 is 0 Å². The fourth-order valence-corrected chi connectivity index (χ4v) is 2.56. The van der Waals surface area contributed by atoms with E-state index in [1.54, 1.807) is 30.3 Å². The van der Waals surface area contributed by atoms with E-state index in [9.17, 15) is 4.79 Å². The first kappa shape index (κ1) is 15.6. The molecule has 2 heterocycles. The van der Waals surface area contributed by atoms with Gasteiger partial charge in [0.2, 0.25) is 0 Å². The third kappa shape index (κ3) is 3.91. The topological polar surface area (TPSA) is 91.2 Å². The van der Waals surface area contributed by atoms with E-state index in [0.29, 0.717) is 25.3 Å². The molecule has 0 aliphatic carbocycles.